The van der Waals surface area contributed by atoms with Gasteiger partial charge in [-0.05, 0) is 68.7 Å². The third-order valence-corrected chi connectivity index (χ3v) is 6.87. The first-order valence-electron chi connectivity index (χ1n) is 12.4. The third kappa shape index (κ3) is 6.87. The topological polar surface area (TPSA) is 67.4 Å². The lowest BCUT2D eigenvalue weighted by molar-refractivity contribution is 0.0699. The van der Waals surface area contributed by atoms with Gasteiger partial charge in [0.05, 0.1) is 12.8 Å². The Kier molecular flexibility index (Phi) is 9.07. The fourth-order valence-electron chi connectivity index (χ4n) is 4.79. The molecule has 0 unspecified atom stereocenters. The van der Waals surface area contributed by atoms with Crippen LogP contribution in [0, 0.1) is 17.6 Å². The lowest BCUT2D eigenvalue weighted by atomic mass is 9.91. The zero-order valence-electron chi connectivity index (χ0n) is 19.9. The molecule has 2 fully saturated rings. The second kappa shape index (κ2) is 12.4. The Morgan fingerprint density at radius 1 is 0.971 bits per heavy atom. The summed E-state index contributed by atoms with van der Waals surface area (Å²) in [6, 6.07) is 7.17. The second-order valence-corrected chi connectivity index (χ2v) is 9.32. The minimum absolute atomic E-state index is 0.222. The summed E-state index contributed by atoms with van der Waals surface area (Å²) >= 11 is 0. The van der Waals surface area contributed by atoms with E-state index in [4.69, 9.17) is 9.47 Å². The smallest absolute Gasteiger partial charge is 0.149 e. The minimum Gasteiger partial charge on any atom is -0.385 e. The zero-order chi connectivity index (χ0) is 23.8. The number of nitrogens with zero attached hydrogens (tertiary/aromatic N) is 1. The van der Waals surface area contributed by atoms with Crippen molar-refractivity contribution < 1.29 is 18.3 Å². The van der Waals surface area contributed by atoms with E-state index in [0.29, 0.717) is 24.4 Å². The van der Waals surface area contributed by atoms with Gasteiger partial charge in [-0.3, -0.25) is 0 Å². The van der Waals surface area contributed by atoms with E-state index < -0.39 is 11.6 Å². The summed E-state index contributed by atoms with van der Waals surface area (Å²) in [5.41, 5.74) is 1.25. The predicted molar refractivity (Wildman–Crippen MR) is 131 cm³/mol. The maximum absolute atomic E-state index is 14.7. The van der Waals surface area contributed by atoms with Gasteiger partial charge in [0.15, 0.2) is 0 Å². The monoisotopic (exact) mass is 474 g/mol. The lowest BCUT2D eigenvalue weighted by Gasteiger charge is -2.30. The van der Waals surface area contributed by atoms with E-state index in [2.05, 4.69) is 20.9 Å². The van der Waals surface area contributed by atoms with Crippen molar-refractivity contribution in [3.8, 4) is 11.1 Å². The first-order valence-corrected chi connectivity index (χ1v) is 12.4. The second-order valence-electron chi connectivity index (χ2n) is 9.32. The van der Waals surface area contributed by atoms with Crippen LogP contribution in [-0.4, -0.2) is 57.1 Å². The van der Waals surface area contributed by atoms with Gasteiger partial charge in [-0.2, -0.15) is 0 Å². The Morgan fingerprint density at radius 2 is 1.71 bits per heavy atom. The average molecular weight is 475 g/mol. The fourth-order valence-corrected chi connectivity index (χ4v) is 4.79. The standard InChI is InChI=1S/C26H36F2N4O2/c1-33-13-10-29-19-2-4-20(5-3-19)32-26-15-23(25(28)17-31-26)22-14-21(6-7-24(22)27)30-16-18-8-11-34-12-9-18/h6-7,14-15,17-20,29-30H,2-5,8-13,16H2,1H3,(H,31,32). The van der Waals surface area contributed by atoms with E-state index in [0.717, 1.165) is 70.5 Å². The number of ether oxygens (including phenoxy) is 2. The molecule has 1 aliphatic carbocycles. The van der Waals surface area contributed by atoms with E-state index in [1.54, 1.807) is 25.3 Å². The number of aromatic nitrogens is 1. The first-order chi connectivity index (χ1) is 16.6. The number of rotatable bonds is 10. The molecule has 1 aliphatic heterocycles. The molecule has 186 valence electrons. The lowest BCUT2D eigenvalue weighted by Crippen LogP contribution is -2.38. The highest BCUT2D eigenvalue weighted by atomic mass is 19.1. The molecular weight excluding hydrogens is 438 g/mol. The van der Waals surface area contributed by atoms with Crippen molar-refractivity contribution in [3.05, 3.63) is 42.1 Å². The highest BCUT2D eigenvalue weighted by molar-refractivity contribution is 5.71. The van der Waals surface area contributed by atoms with Crippen LogP contribution < -0.4 is 16.0 Å². The van der Waals surface area contributed by atoms with Crippen LogP contribution in [0.3, 0.4) is 0 Å². The molecule has 0 bridgehead atoms. The molecule has 1 saturated carbocycles. The molecule has 34 heavy (non-hydrogen) atoms. The van der Waals surface area contributed by atoms with Crippen molar-refractivity contribution in [2.24, 2.45) is 5.92 Å². The van der Waals surface area contributed by atoms with Crippen LogP contribution in [0.25, 0.3) is 11.1 Å². The van der Waals surface area contributed by atoms with Crippen LogP contribution in [-0.2, 0) is 9.47 Å². The van der Waals surface area contributed by atoms with Crippen molar-refractivity contribution in [2.45, 2.75) is 50.6 Å². The van der Waals surface area contributed by atoms with E-state index in [1.165, 1.54) is 12.3 Å². The average Bonchev–Trinajstić information content (AvgIpc) is 2.87. The number of methoxy groups -OCH3 is 1. The quantitative estimate of drug-likeness (QED) is 0.429. The number of pyridine rings is 1. The van der Waals surface area contributed by atoms with Crippen molar-refractivity contribution >= 4 is 11.5 Å². The zero-order valence-corrected chi connectivity index (χ0v) is 19.9. The fraction of sp³-hybridized carbons (Fsp3) is 0.577. The van der Waals surface area contributed by atoms with Crippen LogP contribution in [0.4, 0.5) is 20.3 Å². The number of anilines is 2. The van der Waals surface area contributed by atoms with Gasteiger partial charge in [0, 0.05) is 62.3 Å². The Balaban J connectivity index is 1.39. The summed E-state index contributed by atoms with van der Waals surface area (Å²) < 4.78 is 39.9. The maximum atomic E-state index is 14.7. The summed E-state index contributed by atoms with van der Waals surface area (Å²) in [7, 11) is 1.71. The normalized spacial score (nSPS) is 21.4. The summed E-state index contributed by atoms with van der Waals surface area (Å²) in [5.74, 6) is 0.125. The molecule has 4 rings (SSSR count). The molecular formula is C26H36F2N4O2. The highest BCUT2D eigenvalue weighted by Gasteiger charge is 2.22. The maximum Gasteiger partial charge on any atom is 0.149 e. The van der Waals surface area contributed by atoms with E-state index >= 15 is 0 Å². The molecule has 0 spiro atoms. The SMILES string of the molecule is COCCNC1CCC(Nc2cc(-c3cc(NCC4CCOCC4)ccc3F)c(F)cn2)CC1. The molecule has 0 amide bonds. The number of hydrogen-bond acceptors (Lipinski definition) is 6. The van der Waals surface area contributed by atoms with E-state index in [-0.39, 0.29) is 17.2 Å². The number of nitrogens with one attached hydrogen (secondary N) is 3. The molecule has 1 saturated heterocycles. The summed E-state index contributed by atoms with van der Waals surface area (Å²) in [6.07, 6.45) is 7.32. The number of halogens is 2. The van der Waals surface area contributed by atoms with Crippen molar-refractivity contribution in [1.82, 2.24) is 10.3 Å². The van der Waals surface area contributed by atoms with Crippen molar-refractivity contribution in [2.75, 3.05) is 50.7 Å². The van der Waals surface area contributed by atoms with Crippen LogP contribution in [0.5, 0.6) is 0 Å². The molecule has 6 nitrogen and oxygen atoms in total. The molecule has 0 atom stereocenters. The minimum atomic E-state index is -0.530. The first kappa shape index (κ1) is 24.8. The molecule has 0 radical (unpaired) electrons. The van der Waals surface area contributed by atoms with Gasteiger partial charge >= 0.3 is 0 Å². The van der Waals surface area contributed by atoms with Gasteiger partial charge in [0.2, 0.25) is 0 Å². The van der Waals surface area contributed by atoms with Crippen LogP contribution in [0.1, 0.15) is 38.5 Å². The molecule has 3 N–H and O–H groups in total. The van der Waals surface area contributed by atoms with Gasteiger partial charge in [-0.25, -0.2) is 13.8 Å². The van der Waals surface area contributed by atoms with Crippen LogP contribution >= 0.6 is 0 Å². The molecule has 1 aromatic heterocycles. The predicted octanol–water partition coefficient (Wildman–Crippen LogP) is 4.82. The van der Waals surface area contributed by atoms with Crippen molar-refractivity contribution in [3.63, 3.8) is 0 Å². The van der Waals surface area contributed by atoms with Crippen molar-refractivity contribution in [1.29, 1.82) is 0 Å². The number of hydrogen-bond donors (Lipinski definition) is 3. The summed E-state index contributed by atoms with van der Waals surface area (Å²) in [6.45, 7) is 3.93. The van der Waals surface area contributed by atoms with Gasteiger partial charge in [0.1, 0.15) is 17.5 Å². The Morgan fingerprint density at radius 3 is 2.47 bits per heavy atom. The Labute approximate surface area is 200 Å². The third-order valence-electron chi connectivity index (χ3n) is 6.87. The Bertz CT molecular complexity index is 916. The molecule has 2 aromatic rings. The van der Waals surface area contributed by atoms with E-state index in [1.807, 2.05) is 0 Å². The van der Waals surface area contributed by atoms with Crippen LogP contribution in [0.15, 0.2) is 30.5 Å². The van der Waals surface area contributed by atoms with Gasteiger partial charge in [0.25, 0.3) is 0 Å². The van der Waals surface area contributed by atoms with Crippen LogP contribution in [0.2, 0.25) is 0 Å². The molecule has 8 heteroatoms. The van der Waals surface area contributed by atoms with Gasteiger partial charge < -0.3 is 25.4 Å². The van der Waals surface area contributed by atoms with Gasteiger partial charge in [-0.15, -0.1) is 0 Å². The molecule has 2 aliphatic rings. The summed E-state index contributed by atoms with van der Waals surface area (Å²) in [4.78, 5) is 4.22. The van der Waals surface area contributed by atoms with Gasteiger partial charge in [-0.1, -0.05) is 0 Å². The molecule has 2 heterocycles. The Hall–Kier alpha value is -2.29. The molecule has 1 aromatic carbocycles. The summed E-state index contributed by atoms with van der Waals surface area (Å²) in [5, 5.41) is 10.3. The number of benzene rings is 1. The van der Waals surface area contributed by atoms with E-state index in [9.17, 15) is 8.78 Å². The highest BCUT2D eigenvalue weighted by Crippen LogP contribution is 2.31. The largest absolute Gasteiger partial charge is 0.385 e.